The first-order valence-corrected chi connectivity index (χ1v) is 11.8. The highest BCUT2D eigenvalue weighted by Crippen LogP contribution is 2.35. The van der Waals surface area contributed by atoms with Crippen LogP contribution in [0.3, 0.4) is 0 Å². The van der Waals surface area contributed by atoms with Crippen LogP contribution in [-0.2, 0) is 12.7 Å². The predicted octanol–water partition coefficient (Wildman–Crippen LogP) is 6.23. The van der Waals surface area contributed by atoms with E-state index in [2.05, 4.69) is 20.5 Å². The van der Waals surface area contributed by atoms with E-state index < -0.39 is 23.5 Å². The molecule has 0 aliphatic heterocycles. The minimum Gasteiger partial charge on any atom is -0.497 e. The highest BCUT2D eigenvalue weighted by Gasteiger charge is 2.36. The van der Waals surface area contributed by atoms with E-state index in [1.807, 2.05) is 12.1 Å². The highest BCUT2D eigenvalue weighted by atomic mass is 35.5. The number of rotatable bonds is 6. The molecule has 0 saturated carbocycles. The number of aromatic nitrogens is 5. The number of amides is 1. The Hall–Kier alpha value is -4.09. The summed E-state index contributed by atoms with van der Waals surface area (Å²) in [5.74, 6) is -0.388. The Morgan fingerprint density at radius 1 is 1.11 bits per heavy atom. The number of nitrogens with one attached hydrogen (secondary N) is 1. The second-order valence-electron chi connectivity index (χ2n) is 8.13. The molecular formula is C25H17Cl2F3N6O2. The number of ether oxygens (including phenoxy) is 1. The third-order valence-corrected chi connectivity index (χ3v) is 6.30. The fraction of sp³-hybridized carbons (Fsp3) is 0.120. The Kier molecular flexibility index (Phi) is 6.72. The smallest absolute Gasteiger partial charge is 0.433 e. The van der Waals surface area contributed by atoms with Gasteiger partial charge < -0.3 is 10.1 Å². The van der Waals surface area contributed by atoms with Crippen LogP contribution < -0.4 is 10.1 Å². The first-order chi connectivity index (χ1) is 18.1. The SMILES string of the molecule is COc1cccc(-c2cc(C(F)(F)F)n3nc(C(=O)Nc4cnn(Cc5ccccc5Cl)c4)c(Cl)c3n2)c1. The highest BCUT2D eigenvalue weighted by molar-refractivity contribution is 6.37. The van der Waals surface area contributed by atoms with E-state index in [1.54, 1.807) is 41.2 Å². The van der Waals surface area contributed by atoms with Gasteiger partial charge in [0.15, 0.2) is 17.0 Å². The Morgan fingerprint density at radius 3 is 2.63 bits per heavy atom. The molecule has 2 aromatic carbocycles. The second-order valence-corrected chi connectivity index (χ2v) is 8.91. The van der Waals surface area contributed by atoms with Gasteiger partial charge in [-0.05, 0) is 29.8 Å². The fourth-order valence-electron chi connectivity index (χ4n) is 3.77. The maximum absolute atomic E-state index is 14.0. The monoisotopic (exact) mass is 560 g/mol. The number of carbonyl (C=O) groups is 1. The van der Waals surface area contributed by atoms with Crippen LogP contribution in [-0.4, -0.2) is 37.4 Å². The van der Waals surface area contributed by atoms with Gasteiger partial charge >= 0.3 is 6.18 Å². The summed E-state index contributed by atoms with van der Waals surface area (Å²) in [7, 11) is 1.44. The van der Waals surface area contributed by atoms with Gasteiger partial charge in [-0.25, -0.2) is 9.50 Å². The van der Waals surface area contributed by atoms with Crippen molar-refractivity contribution in [3.05, 3.63) is 94.0 Å². The van der Waals surface area contributed by atoms with Crippen molar-refractivity contribution in [3.63, 3.8) is 0 Å². The van der Waals surface area contributed by atoms with E-state index in [9.17, 15) is 18.0 Å². The largest absolute Gasteiger partial charge is 0.497 e. The lowest BCUT2D eigenvalue weighted by molar-refractivity contribution is -0.142. The predicted molar refractivity (Wildman–Crippen MR) is 136 cm³/mol. The molecule has 3 heterocycles. The molecule has 0 fully saturated rings. The number of carbonyl (C=O) groups excluding carboxylic acids is 1. The number of hydrogen-bond donors (Lipinski definition) is 1. The molecular weight excluding hydrogens is 544 g/mol. The van der Waals surface area contributed by atoms with Crippen LogP contribution in [0.5, 0.6) is 5.75 Å². The Bertz CT molecular complexity index is 1660. The zero-order chi connectivity index (χ0) is 27.0. The average molecular weight is 561 g/mol. The fourth-order valence-corrected chi connectivity index (χ4v) is 4.22. The molecule has 0 saturated heterocycles. The van der Waals surface area contributed by atoms with E-state index in [0.29, 0.717) is 27.4 Å². The van der Waals surface area contributed by atoms with Crippen molar-refractivity contribution in [3.8, 4) is 17.0 Å². The lowest BCUT2D eigenvalue weighted by Gasteiger charge is -2.11. The maximum Gasteiger partial charge on any atom is 0.433 e. The average Bonchev–Trinajstić information content (AvgIpc) is 3.48. The van der Waals surface area contributed by atoms with Gasteiger partial charge in [-0.1, -0.05) is 53.5 Å². The summed E-state index contributed by atoms with van der Waals surface area (Å²) in [6, 6.07) is 14.5. The maximum atomic E-state index is 14.0. The number of halogens is 5. The minimum atomic E-state index is -4.81. The summed E-state index contributed by atoms with van der Waals surface area (Å²) in [5.41, 5.74) is -0.434. The second kappa shape index (κ2) is 9.99. The molecule has 0 atom stereocenters. The number of alkyl halides is 3. The molecule has 5 aromatic rings. The number of benzene rings is 2. The topological polar surface area (TPSA) is 86.3 Å². The van der Waals surface area contributed by atoms with Gasteiger partial charge in [0.25, 0.3) is 5.91 Å². The number of anilines is 1. The molecule has 0 unspecified atom stereocenters. The molecule has 13 heteroatoms. The first-order valence-electron chi connectivity index (χ1n) is 11.0. The molecule has 3 aromatic heterocycles. The summed E-state index contributed by atoms with van der Waals surface area (Å²) in [6.07, 6.45) is -1.87. The number of hydrogen-bond acceptors (Lipinski definition) is 5. The molecule has 0 radical (unpaired) electrons. The molecule has 5 rings (SSSR count). The van der Waals surface area contributed by atoms with Crippen molar-refractivity contribution in [2.75, 3.05) is 12.4 Å². The van der Waals surface area contributed by atoms with Crippen LogP contribution in [0.15, 0.2) is 67.0 Å². The van der Waals surface area contributed by atoms with Gasteiger partial charge in [0, 0.05) is 16.8 Å². The van der Waals surface area contributed by atoms with Crippen molar-refractivity contribution in [2.45, 2.75) is 12.7 Å². The van der Waals surface area contributed by atoms with Crippen LogP contribution in [0.2, 0.25) is 10.0 Å². The molecule has 0 aliphatic rings. The summed E-state index contributed by atoms with van der Waals surface area (Å²) < 4.78 is 49.2. The number of nitrogens with zero attached hydrogens (tertiary/aromatic N) is 5. The standard InChI is InChI=1S/C25H17Cl2F3N6O2/c1-38-17-7-4-6-14(9-17)19-10-20(25(28,29)30)36-23(33-19)21(27)22(34-36)24(37)32-16-11-31-35(13-16)12-15-5-2-3-8-18(15)26/h2-11,13H,12H2,1H3,(H,32,37). The molecule has 0 bridgehead atoms. The minimum absolute atomic E-state index is 0.0154. The van der Waals surface area contributed by atoms with Crippen molar-refractivity contribution in [2.24, 2.45) is 0 Å². The third-order valence-electron chi connectivity index (χ3n) is 5.59. The lowest BCUT2D eigenvalue weighted by Crippen LogP contribution is -2.15. The van der Waals surface area contributed by atoms with Crippen LogP contribution in [0.1, 0.15) is 21.7 Å². The molecule has 8 nitrogen and oxygen atoms in total. The van der Waals surface area contributed by atoms with E-state index in [4.69, 9.17) is 27.9 Å². The summed E-state index contributed by atoms with van der Waals surface area (Å²) in [5, 5.41) is 10.8. The number of fused-ring (bicyclic) bond motifs is 1. The quantitative estimate of drug-likeness (QED) is 0.266. The third kappa shape index (κ3) is 5.02. The van der Waals surface area contributed by atoms with E-state index in [-0.39, 0.29) is 22.1 Å². The molecule has 194 valence electrons. The van der Waals surface area contributed by atoms with Crippen LogP contribution in [0, 0.1) is 0 Å². The molecule has 0 aliphatic carbocycles. The first kappa shape index (κ1) is 25.6. The Morgan fingerprint density at radius 2 is 1.89 bits per heavy atom. The van der Waals surface area contributed by atoms with Crippen LogP contribution >= 0.6 is 23.2 Å². The normalized spacial score (nSPS) is 11.6. The molecule has 0 spiro atoms. The molecule has 1 N–H and O–H groups in total. The Labute approximate surface area is 223 Å². The van der Waals surface area contributed by atoms with Gasteiger partial charge in [-0.3, -0.25) is 9.48 Å². The Balaban J connectivity index is 1.48. The summed E-state index contributed by atoms with van der Waals surface area (Å²) >= 11 is 12.5. The van der Waals surface area contributed by atoms with Crippen molar-refractivity contribution in [1.29, 1.82) is 0 Å². The van der Waals surface area contributed by atoms with E-state index in [1.165, 1.54) is 19.4 Å². The van der Waals surface area contributed by atoms with Gasteiger partial charge in [-0.2, -0.15) is 23.4 Å². The number of methoxy groups -OCH3 is 1. The van der Waals surface area contributed by atoms with Gasteiger partial charge in [-0.15, -0.1) is 0 Å². The van der Waals surface area contributed by atoms with Gasteiger partial charge in [0.05, 0.1) is 31.2 Å². The van der Waals surface area contributed by atoms with Crippen molar-refractivity contribution >= 4 is 40.4 Å². The molecule has 1 amide bonds. The van der Waals surface area contributed by atoms with Gasteiger partial charge in [0.1, 0.15) is 10.8 Å². The van der Waals surface area contributed by atoms with E-state index in [0.717, 1.165) is 11.6 Å². The zero-order valence-corrected chi connectivity index (χ0v) is 21.0. The lowest BCUT2D eigenvalue weighted by atomic mass is 10.1. The van der Waals surface area contributed by atoms with E-state index >= 15 is 0 Å². The summed E-state index contributed by atoms with van der Waals surface area (Å²) in [6.45, 7) is 0.344. The summed E-state index contributed by atoms with van der Waals surface area (Å²) in [4.78, 5) is 17.2. The van der Waals surface area contributed by atoms with Gasteiger partial charge in [0.2, 0.25) is 0 Å². The van der Waals surface area contributed by atoms with Crippen LogP contribution in [0.25, 0.3) is 16.9 Å². The van der Waals surface area contributed by atoms with Crippen molar-refractivity contribution in [1.82, 2.24) is 24.4 Å². The van der Waals surface area contributed by atoms with Crippen molar-refractivity contribution < 1.29 is 22.7 Å². The molecule has 38 heavy (non-hydrogen) atoms. The zero-order valence-electron chi connectivity index (χ0n) is 19.5. The van der Waals surface area contributed by atoms with Crippen LogP contribution in [0.4, 0.5) is 18.9 Å².